The van der Waals surface area contributed by atoms with Gasteiger partial charge in [-0.1, -0.05) is 42.5 Å². The van der Waals surface area contributed by atoms with Crippen LogP contribution >= 0.6 is 0 Å². The number of para-hydroxylation sites is 2. The minimum absolute atomic E-state index is 0.199. The fraction of sp³-hybridized carbons (Fsp3) is 0.474. The van der Waals surface area contributed by atoms with Gasteiger partial charge in [-0.05, 0) is 108 Å². The zero-order valence-corrected chi connectivity index (χ0v) is 29.2. The fourth-order valence-electron chi connectivity index (χ4n) is 8.87. The van der Waals surface area contributed by atoms with Crippen molar-refractivity contribution in [3.8, 4) is 0 Å². The number of amides is 1. The minimum atomic E-state index is -4.27. The predicted octanol–water partition coefficient (Wildman–Crippen LogP) is 6.74. The molecular formula is C38H45F2N5O3S. The summed E-state index contributed by atoms with van der Waals surface area (Å²) in [6, 6.07) is 21.5. The molecule has 3 fully saturated rings. The molecule has 7 rings (SSSR count). The Morgan fingerprint density at radius 1 is 0.939 bits per heavy atom. The third-order valence-corrected chi connectivity index (χ3v) is 12.9. The van der Waals surface area contributed by atoms with E-state index in [0.29, 0.717) is 44.1 Å². The average molecular weight is 690 g/mol. The Labute approximate surface area is 287 Å². The van der Waals surface area contributed by atoms with Crippen LogP contribution in [-0.2, 0) is 15.4 Å². The second-order valence-corrected chi connectivity index (χ2v) is 16.1. The number of benzene rings is 3. The SMILES string of the molecule is Cc1nc2ccccc2n1[C@H]1C[C@H]2CC[C@@H](C1)N2CCC1(c2ccccc2)CCN(C(=O)c2c(F)ccc(S(=O)(=O)NC(C)C)c2F)CC1. The number of carbonyl (C=O) groups excluding carboxylic acids is 1. The first-order valence-electron chi connectivity index (χ1n) is 17.5. The number of aromatic nitrogens is 2. The molecule has 0 saturated carbocycles. The molecule has 3 aromatic carbocycles. The van der Waals surface area contributed by atoms with Gasteiger partial charge in [-0.2, -0.15) is 0 Å². The summed E-state index contributed by atoms with van der Waals surface area (Å²) in [6.45, 7) is 6.90. The quantitative estimate of drug-likeness (QED) is 0.210. The highest BCUT2D eigenvalue weighted by atomic mass is 32.2. The van der Waals surface area contributed by atoms with Crippen LogP contribution < -0.4 is 4.72 Å². The standard InChI is InChI=1S/C38H45F2N5O3S/c1-25(2)42-49(47,48)34-16-15-31(39)35(36(34)40)37(46)43-20-17-38(18-21-43,27-9-5-4-6-10-27)19-22-44-28-13-14-29(44)24-30(23-28)45-26(3)41-32-11-7-8-12-33(32)45/h4-12,15-16,25,28-30,42H,13-14,17-24H2,1-3H3/t28-,29+,30+. The largest absolute Gasteiger partial charge is 0.338 e. The molecule has 4 heterocycles. The molecule has 11 heteroatoms. The highest BCUT2D eigenvalue weighted by molar-refractivity contribution is 7.89. The van der Waals surface area contributed by atoms with E-state index < -0.39 is 44.1 Å². The Morgan fingerprint density at radius 3 is 2.27 bits per heavy atom. The van der Waals surface area contributed by atoms with Crippen LogP contribution in [0, 0.1) is 18.6 Å². The zero-order chi connectivity index (χ0) is 34.5. The van der Waals surface area contributed by atoms with Crippen LogP contribution in [0.2, 0.25) is 0 Å². The van der Waals surface area contributed by atoms with Gasteiger partial charge in [0.05, 0.1) is 11.0 Å². The maximum Gasteiger partial charge on any atom is 0.259 e. The molecule has 3 saturated heterocycles. The van der Waals surface area contributed by atoms with Crippen molar-refractivity contribution in [1.82, 2.24) is 24.1 Å². The van der Waals surface area contributed by atoms with Crippen molar-refractivity contribution in [3.63, 3.8) is 0 Å². The number of hydrogen-bond donors (Lipinski definition) is 1. The number of aryl methyl sites for hydroxylation is 1. The molecule has 0 spiro atoms. The van der Waals surface area contributed by atoms with Crippen molar-refractivity contribution in [1.29, 1.82) is 0 Å². The van der Waals surface area contributed by atoms with Crippen LogP contribution in [0.3, 0.4) is 0 Å². The molecule has 0 radical (unpaired) electrons. The van der Waals surface area contributed by atoms with Crippen LogP contribution in [0.5, 0.6) is 0 Å². The highest BCUT2D eigenvalue weighted by Gasteiger charge is 2.44. The highest BCUT2D eigenvalue weighted by Crippen LogP contribution is 2.45. The van der Waals surface area contributed by atoms with Crippen LogP contribution in [0.25, 0.3) is 11.0 Å². The van der Waals surface area contributed by atoms with Gasteiger partial charge in [-0.15, -0.1) is 0 Å². The van der Waals surface area contributed by atoms with E-state index in [2.05, 4.69) is 51.4 Å². The number of nitrogens with one attached hydrogen (secondary N) is 1. The van der Waals surface area contributed by atoms with Gasteiger partial charge in [0, 0.05) is 37.3 Å². The number of halogens is 2. The van der Waals surface area contributed by atoms with Crippen molar-refractivity contribution in [3.05, 3.63) is 95.3 Å². The Balaban J connectivity index is 1.07. The molecule has 260 valence electrons. The Bertz CT molecular complexity index is 1940. The summed E-state index contributed by atoms with van der Waals surface area (Å²) in [5, 5.41) is 0. The molecule has 1 N–H and O–H groups in total. The van der Waals surface area contributed by atoms with Crippen molar-refractivity contribution in [2.24, 2.45) is 0 Å². The van der Waals surface area contributed by atoms with Crippen molar-refractivity contribution < 1.29 is 22.0 Å². The first-order chi connectivity index (χ1) is 23.5. The van der Waals surface area contributed by atoms with Crippen LogP contribution in [0.1, 0.15) is 86.6 Å². The number of sulfonamides is 1. The lowest BCUT2D eigenvalue weighted by atomic mass is 9.70. The Morgan fingerprint density at radius 2 is 1.59 bits per heavy atom. The van der Waals surface area contributed by atoms with Crippen LogP contribution in [-0.4, -0.2) is 71.4 Å². The van der Waals surface area contributed by atoms with Crippen molar-refractivity contribution >= 4 is 27.0 Å². The molecule has 1 aromatic heterocycles. The first-order valence-corrected chi connectivity index (χ1v) is 19.0. The number of carbonyl (C=O) groups is 1. The first kappa shape index (κ1) is 33.8. The number of hydrogen-bond acceptors (Lipinski definition) is 5. The molecule has 4 aromatic rings. The summed E-state index contributed by atoms with van der Waals surface area (Å²) in [4.78, 5) is 21.9. The van der Waals surface area contributed by atoms with Crippen LogP contribution in [0.4, 0.5) is 8.78 Å². The van der Waals surface area contributed by atoms with Crippen LogP contribution in [0.15, 0.2) is 71.6 Å². The summed E-state index contributed by atoms with van der Waals surface area (Å²) >= 11 is 0. The average Bonchev–Trinajstić information content (AvgIpc) is 3.53. The number of likely N-dealkylation sites (tertiary alicyclic amines) is 1. The van der Waals surface area contributed by atoms with Crippen molar-refractivity contribution in [2.75, 3.05) is 19.6 Å². The fourth-order valence-corrected chi connectivity index (χ4v) is 10.2. The van der Waals surface area contributed by atoms with E-state index in [9.17, 15) is 13.2 Å². The van der Waals surface area contributed by atoms with Gasteiger partial charge in [0.2, 0.25) is 10.0 Å². The second kappa shape index (κ2) is 13.2. The molecular weight excluding hydrogens is 645 g/mol. The van der Waals surface area contributed by atoms with Gasteiger partial charge in [0.25, 0.3) is 5.91 Å². The Hall–Kier alpha value is -3.67. The smallest absolute Gasteiger partial charge is 0.259 e. The second-order valence-electron chi connectivity index (χ2n) is 14.5. The lowest BCUT2D eigenvalue weighted by Gasteiger charge is -2.45. The molecule has 8 nitrogen and oxygen atoms in total. The van der Waals surface area contributed by atoms with Gasteiger partial charge in [0.15, 0.2) is 5.82 Å². The van der Waals surface area contributed by atoms with Gasteiger partial charge < -0.3 is 9.47 Å². The summed E-state index contributed by atoms with van der Waals surface area (Å²) in [6.07, 6.45) is 6.77. The van der Waals surface area contributed by atoms with Gasteiger partial charge in [-0.3, -0.25) is 9.69 Å². The van der Waals surface area contributed by atoms with E-state index in [1.54, 1.807) is 13.8 Å². The monoisotopic (exact) mass is 689 g/mol. The van der Waals surface area contributed by atoms with E-state index in [1.165, 1.54) is 28.8 Å². The summed E-state index contributed by atoms with van der Waals surface area (Å²) in [5.74, 6) is -2.16. The lowest BCUT2D eigenvalue weighted by molar-refractivity contribution is 0.0598. The van der Waals surface area contributed by atoms with E-state index in [4.69, 9.17) is 4.98 Å². The molecule has 1 amide bonds. The molecule has 49 heavy (non-hydrogen) atoms. The van der Waals surface area contributed by atoms with Gasteiger partial charge in [-0.25, -0.2) is 26.9 Å². The molecule has 3 atom stereocenters. The lowest BCUT2D eigenvalue weighted by Crippen LogP contribution is -2.49. The number of imidazole rings is 1. The number of fused-ring (bicyclic) bond motifs is 3. The molecule has 3 aliphatic heterocycles. The van der Waals surface area contributed by atoms with E-state index in [0.717, 1.165) is 49.3 Å². The Kier molecular flexibility index (Phi) is 9.13. The summed E-state index contributed by atoms with van der Waals surface area (Å²) in [5.41, 5.74) is 2.46. The molecule has 0 aliphatic carbocycles. The van der Waals surface area contributed by atoms with Crippen molar-refractivity contribution in [2.45, 2.75) is 100 Å². The molecule has 2 bridgehead atoms. The third kappa shape index (κ3) is 6.30. The topological polar surface area (TPSA) is 87.5 Å². The van der Waals surface area contributed by atoms with Gasteiger partial charge >= 0.3 is 0 Å². The molecule has 0 unspecified atom stereocenters. The van der Waals surface area contributed by atoms with Gasteiger partial charge in [0.1, 0.15) is 22.1 Å². The predicted molar refractivity (Wildman–Crippen MR) is 186 cm³/mol. The maximum absolute atomic E-state index is 15.6. The number of piperidine rings is 2. The third-order valence-electron chi connectivity index (χ3n) is 11.2. The van der Waals surface area contributed by atoms with E-state index >= 15 is 8.78 Å². The maximum atomic E-state index is 15.6. The summed E-state index contributed by atoms with van der Waals surface area (Å²) < 4.78 is 60.9. The zero-order valence-electron chi connectivity index (χ0n) is 28.4. The minimum Gasteiger partial charge on any atom is -0.338 e. The van der Waals surface area contributed by atoms with E-state index in [1.807, 2.05) is 24.3 Å². The summed E-state index contributed by atoms with van der Waals surface area (Å²) in [7, 11) is -4.27. The van der Waals surface area contributed by atoms with E-state index in [-0.39, 0.29) is 5.41 Å². The number of rotatable bonds is 9. The normalized spacial score (nSPS) is 22.7. The number of nitrogens with zero attached hydrogens (tertiary/aromatic N) is 4. The molecule has 3 aliphatic rings.